The minimum absolute atomic E-state index is 0.450. The predicted molar refractivity (Wildman–Crippen MR) is 171 cm³/mol. The van der Waals surface area contributed by atoms with Crippen LogP contribution in [-0.2, 0) is 12.8 Å². The van der Waals surface area contributed by atoms with E-state index in [0.29, 0.717) is 11.8 Å². The zero-order valence-electron chi connectivity index (χ0n) is 24.5. The molecule has 204 valence electrons. The molecule has 0 aromatic heterocycles. The van der Waals surface area contributed by atoms with Crippen LogP contribution in [0.4, 0.5) is 11.4 Å². The van der Waals surface area contributed by atoms with E-state index in [0.717, 1.165) is 24.2 Å². The van der Waals surface area contributed by atoms with Gasteiger partial charge in [-0.1, -0.05) is 126 Å². The molecular formula is C38H47N. The molecular weight excluding hydrogens is 470 g/mol. The Balaban J connectivity index is 1.44. The number of nitrogens with one attached hydrogen (secondary N) is 1. The molecule has 0 aliphatic carbocycles. The molecule has 1 heteroatoms. The minimum atomic E-state index is 0.450. The van der Waals surface area contributed by atoms with Crippen LogP contribution < -0.4 is 5.32 Å². The first kappa shape index (κ1) is 28.7. The first-order valence-corrected chi connectivity index (χ1v) is 15.3. The third-order valence-corrected chi connectivity index (χ3v) is 7.91. The molecule has 2 atom stereocenters. The van der Waals surface area contributed by atoms with E-state index >= 15 is 0 Å². The van der Waals surface area contributed by atoms with Crippen LogP contribution >= 0.6 is 0 Å². The summed E-state index contributed by atoms with van der Waals surface area (Å²) in [5.41, 5.74) is 10.8. The first-order chi connectivity index (χ1) is 19.1. The predicted octanol–water partition coefficient (Wildman–Crippen LogP) is 11.2. The second-order valence-electron chi connectivity index (χ2n) is 11.0. The summed E-state index contributed by atoms with van der Waals surface area (Å²) in [7, 11) is 0. The van der Waals surface area contributed by atoms with E-state index < -0.39 is 0 Å². The SMILES string of the molecule is CCCc1ccc(C(CCC)c2ccc(Nc3ccc(C(CCC)c4ccc(CCC)cc4)cc3)cc2)cc1. The molecule has 39 heavy (non-hydrogen) atoms. The Morgan fingerprint density at radius 2 is 0.718 bits per heavy atom. The van der Waals surface area contributed by atoms with E-state index in [1.165, 1.54) is 71.9 Å². The van der Waals surface area contributed by atoms with Crippen LogP contribution in [0, 0.1) is 0 Å². The summed E-state index contributed by atoms with van der Waals surface area (Å²) in [4.78, 5) is 0. The Morgan fingerprint density at radius 1 is 0.410 bits per heavy atom. The maximum atomic E-state index is 3.62. The van der Waals surface area contributed by atoms with Gasteiger partial charge in [-0.3, -0.25) is 0 Å². The highest BCUT2D eigenvalue weighted by Crippen LogP contribution is 2.33. The van der Waals surface area contributed by atoms with E-state index in [9.17, 15) is 0 Å². The summed E-state index contributed by atoms with van der Waals surface area (Å²) < 4.78 is 0. The minimum Gasteiger partial charge on any atom is -0.356 e. The molecule has 4 rings (SSSR count). The van der Waals surface area contributed by atoms with Crippen molar-refractivity contribution in [3.63, 3.8) is 0 Å². The van der Waals surface area contributed by atoms with E-state index in [-0.39, 0.29) is 0 Å². The van der Waals surface area contributed by atoms with Gasteiger partial charge in [0.1, 0.15) is 0 Å². The van der Waals surface area contributed by atoms with Crippen molar-refractivity contribution in [2.45, 2.75) is 90.9 Å². The average Bonchev–Trinajstić information content (AvgIpc) is 2.97. The average molecular weight is 518 g/mol. The Kier molecular flexibility index (Phi) is 10.8. The topological polar surface area (TPSA) is 12.0 Å². The van der Waals surface area contributed by atoms with E-state index in [4.69, 9.17) is 0 Å². The van der Waals surface area contributed by atoms with E-state index in [1.54, 1.807) is 0 Å². The van der Waals surface area contributed by atoms with Gasteiger partial charge >= 0.3 is 0 Å². The zero-order valence-corrected chi connectivity index (χ0v) is 24.5. The lowest BCUT2D eigenvalue weighted by molar-refractivity contribution is 0.698. The summed E-state index contributed by atoms with van der Waals surface area (Å²) in [6, 6.07) is 36.7. The summed E-state index contributed by atoms with van der Waals surface area (Å²) >= 11 is 0. The van der Waals surface area contributed by atoms with Crippen molar-refractivity contribution in [1.82, 2.24) is 0 Å². The summed E-state index contributed by atoms with van der Waals surface area (Å²) in [5, 5.41) is 3.62. The quantitative estimate of drug-likeness (QED) is 0.175. The summed E-state index contributed by atoms with van der Waals surface area (Å²) in [6.07, 6.45) is 9.40. The van der Waals surface area contributed by atoms with Crippen molar-refractivity contribution >= 4 is 11.4 Å². The molecule has 0 saturated heterocycles. The van der Waals surface area contributed by atoms with E-state index in [2.05, 4.69) is 130 Å². The van der Waals surface area contributed by atoms with Gasteiger partial charge in [-0.25, -0.2) is 0 Å². The molecule has 0 bridgehead atoms. The lowest BCUT2D eigenvalue weighted by Crippen LogP contribution is -2.02. The fourth-order valence-corrected chi connectivity index (χ4v) is 5.80. The number of benzene rings is 4. The van der Waals surface area contributed by atoms with Crippen LogP contribution in [0.25, 0.3) is 0 Å². The van der Waals surface area contributed by atoms with Gasteiger partial charge in [-0.15, -0.1) is 0 Å². The molecule has 4 aromatic rings. The maximum Gasteiger partial charge on any atom is 0.0384 e. The fourth-order valence-electron chi connectivity index (χ4n) is 5.80. The lowest BCUT2D eigenvalue weighted by atomic mass is 9.87. The van der Waals surface area contributed by atoms with Crippen molar-refractivity contribution in [2.75, 3.05) is 5.32 Å². The van der Waals surface area contributed by atoms with Gasteiger partial charge in [-0.2, -0.15) is 0 Å². The van der Waals surface area contributed by atoms with Gasteiger partial charge < -0.3 is 5.32 Å². The second kappa shape index (κ2) is 14.7. The molecule has 0 fully saturated rings. The van der Waals surface area contributed by atoms with Crippen LogP contribution in [0.15, 0.2) is 97.1 Å². The maximum absolute atomic E-state index is 3.62. The van der Waals surface area contributed by atoms with Crippen LogP contribution in [-0.4, -0.2) is 0 Å². The molecule has 0 heterocycles. The molecule has 0 aliphatic rings. The Hall–Kier alpha value is -3.32. The molecule has 0 spiro atoms. The number of hydrogen-bond acceptors (Lipinski definition) is 1. The van der Waals surface area contributed by atoms with Crippen molar-refractivity contribution < 1.29 is 0 Å². The molecule has 2 unspecified atom stereocenters. The normalized spacial score (nSPS) is 12.7. The molecule has 0 aliphatic heterocycles. The molecule has 0 saturated carbocycles. The van der Waals surface area contributed by atoms with Gasteiger partial charge in [0.15, 0.2) is 0 Å². The van der Waals surface area contributed by atoms with Gasteiger partial charge in [-0.05, 0) is 83.3 Å². The van der Waals surface area contributed by atoms with Gasteiger partial charge in [0.2, 0.25) is 0 Å². The van der Waals surface area contributed by atoms with Gasteiger partial charge in [0.05, 0.1) is 0 Å². The monoisotopic (exact) mass is 517 g/mol. The smallest absolute Gasteiger partial charge is 0.0384 e. The third-order valence-electron chi connectivity index (χ3n) is 7.91. The zero-order chi connectivity index (χ0) is 27.5. The largest absolute Gasteiger partial charge is 0.356 e. The molecule has 4 aromatic carbocycles. The first-order valence-electron chi connectivity index (χ1n) is 15.3. The van der Waals surface area contributed by atoms with Crippen molar-refractivity contribution in [1.29, 1.82) is 0 Å². The number of aryl methyl sites for hydroxylation is 2. The molecule has 0 amide bonds. The molecule has 1 nitrogen and oxygen atoms in total. The van der Waals surface area contributed by atoms with Crippen LogP contribution in [0.2, 0.25) is 0 Å². The standard InChI is InChI=1S/C38H47N/c1-5-9-29-13-17-31(18-14-29)37(11-7-3)33-21-25-35(26-22-33)39-36-27-23-34(24-28-36)38(12-8-4)32-19-15-30(10-6-2)16-20-32/h13-28,37-39H,5-12H2,1-4H3. The Labute approximate surface area is 237 Å². The second-order valence-corrected chi connectivity index (χ2v) is 11.0. The Bertz CT molecular complexity index is 1130. The highest BCUT2D eigenvalue weighted by atomic mass is 14.9. The number of rotatable bonds is 14. The molecule has 1 N–H and O–H groups in total. The summed E-state index contributed by atoms with van der Waals surface area (Å²) in [6.45, 7) is 9.05. The lowest BCUT2D eigenvalue weighted by Gasteiger charge is -2.19. The fraction of sp³-hybridized carbons (Fsp3) is 0.368. The third kappa shape index (κ3) is 7.85. The van der Waals surface area contributed by atoms with E-state index in [1.807, 2.05) is 0 Å². The van der Waals surface area contributed by atoms with Crippen LogP contribution in [0.1, 0.15) is 111 Å². The van der Waals surface area contributed by atoms with Gasteiger partial charge in [0.25, 0.3) is 0 Å². The number of hydrogen-bond donors (Lipinski definition) is 1. The van der Waals surface area contributed by atoms with Gasteiger partial charge in [0, 0.05) is 23.2 Å². The molecule has 0 radical (unpaired) electrons. The van der Waals surface area contributed by atoms with Crippen molar-refractivity contribution in [3.8, 4) is 0 Å². The summed E-state index contributed by atoms with van der Waals surface area (Å²) in [5.74, 6) is 0.899. The number of anilines is 2. The van der Waals surface area contributed by atoms with Crippen LogP contribution in [0.5, 0.6) is 0 Å². The highest BCUT2D eigenvalue weighted by molar-refractivity contribution is 5.61. The van der Waals surface area contributed by atoms with Crippen molar-refractivity contribution in [3.05, 3.63) is 130 Å². The Morgan fingerprint density at radius 3 is 1.00 bits per heavy atom. The van der Waals surface area contributed by atoms with Crippen molar-refractivity contribution in [2.24, 2.45) is 0 Å². The highest BCUT2D eigenvalue weighted by Gasteiger charge is 2.15. The van der Waals surface area contributed by atoms with Crippen LogP contribution in [0.3, 0.4) is 0 Å².